The van der Waals surface area contributed by atoms with Crippen molar-refractivity contribution in [3.63, 3.8) is 0 Å². The molecule has 3 nitrogen and oxygen atoms in total. The molecule has 0 saturated carbocycles. The van der Waals surface area contributed by atoms with E-state index in [1.54, 1.807) is 12.1 Å². The second kappa shape index (κ2) is 5.83. The third-order valence-corrected chi connectivity index (χ3v) is 5.81. The van der Waals surface area contributed by atoms with Crippen LogP contribution in [0.25, 0.3) is 0 Å². The predicted octanol–water partition coefficient (Wildman–Crippen LogP) is 4.46. The van der Waals surface area contributed by atoms with Gasteiger partial charge < -0.3 is 0 Å². The Morgan fingerprint density at radius 3 is 2.20 bits per heavy atom. The first-order chi connectivity index (χ1) is 9.29. The van der Waals surface area contributed by atoms with E-state index in [9.17, 15) is 12.8 Å². The highest BCUT2D eigenvalue weighted by molar-refractivity contribution is 9.13. The van der Waals surface area contributed by atoms with Crippen molar-refractivity contribution in [2.75, 3.05) is 4.72 Å². The molecule has 0 unspecified atom stereocenters. The highest BCUT2D eigenvalue weighted by atomic mass is 79.9. The summed E-state index contributed by atoms with van der Waals surface area (Å²) in [4.78, 5) is 0.0848. The van der Waals surface area contributed by atoms with Gasteiger partial charge in [-0.1, -0.05) is 17.7 Å². The van der Waals surface area contributed by atoms with E-state index in [1.165, 1.54) is 24.3 Å². The molecule has 0 aliphatic carbocycles. The lowest BCUT2D eigenvalue weighted by molar-refractivity contribution is 0.598. The molecule has 20 heavy (non-hydrogen) atoms. The van der Waals surface area contributed by atoms with E-state index in [0.29, 0.717) is 8.95 Å². The molecule has 2 rings (SSSR count). The van der Waals surface area contributed by atoms with E-state index in [-0.39, 0.29) is 10.6 Å². The average Bonchev–Trinajstić information content (AvgIpc) is 2.36. The standard InChI is InChI=1S/C13H10Br2FNO2S/c1-8-2-4-9(5-3-8)20(18,19)17-13-7-11(15)10(14)6-12(13)16/h2-7,17H,1H3. The number of aryl methyl sites for hydroxylation is 1. The molecule has 0 aliphatic rings. The van der Waals surface area contributed by atoms with Crippen molar-refractivity contribution in [2.24, 2.45) is 0 Å². The number of hydrogen-bond donors (Lipinski definition) is 1. The van der Waals surface area contributed by atoms with Gasteiger partial charge in [-0.15, -0.1) is 0 Å². The monoisotopic (exact) mass is 421 g/mol. The highest BCUT2D eigenvalue weighted by Crippen LogP contribution is 2.30. The van der Waals surface area contributed by atoms with Crippen molar-refractivity contribution in [3.05, 3.63) is 56.7 Å². The molecule has 0 aromatic heterocycles. The van der Waals surface area contributed by atoms with Gasteiger partial charge in [0, 0.05) is 8.95 Å². The van der Waals surface area contributed by atoms with Crippen LogP contribution in [0.2, 0.25) is 0 Å². The maximum Gasteiger partial charge on any atom is 0.261 e. The minimum Gasteiger partial charge on any atom is -0.277 e. The zero-order valence-electron chi connectivity index (χ0n) is 10.3. The molecule has 1 N–H and O–H groups in total. The number of hydrogen-bond acceptors (Lipinski definition) is 2. The van der Waals surface area contributed by atoms with Gasteiger partial charge in [-0.25, -0.2) is 12.8 Å². The fourth-order valence-electron chi connectivity index (χ4n) is 1.52. The summed E-state index contributed by atoms with van der Waals surface area (Å²) in [6.45, 7) is 1.86. The van der Waals surface area contributed by atoms with Gasteiger partial charge in [-0.05, 0) is 63.0 Å². The van der Waals surface area contributed by atoms with Crippen molar-refractivity contribution >= 4 is 47.6 Å². The van der Waals surface area contributed by atoms with Gasteiger partial charge in [-0.3, -0.25) is 4.72 Å². The minimum atomic E-state index is -3.81. The number of rotatable bonds is 3. The van der Waals surface area contributed by atoms with Crippen LogP contribution in [-0.2, 0) is 10.0 Å². The smallest absolute Gasteiger partial charge is 0.261 e. The zero-order valence-corrected chi connectivity index (χ0v) is 14.3. The van der Waals surface area contributed by atoms with Gasteiger partial charge in [0.1, 0.15) is 5.82 Å². The fourth-order valence-corrected chi connectivity index (χ4v) is 3.24. The molecule has 0 bridgehead atoms. The molecule has 0 aliphatic heterocycles. The third kappa shape index (κ3) is 3.39. The molecule has 0 radical (unpaired) electrons. The number of sulfonamides is 1. The van der Waals surface area contributed by atoms with Gasteiger partial charge >= 0.3 is 0 Å². The lowest BCUT2D eigenvalue weighted by Crippen LogP contribution is -2.14. The van der Waals surface area contributed by atoms with Crippen LogP contribution in [0.3, 0.4) is 0 Å². The maximum atomic E-state index is 13.8. The third-order valence-electron chi connectivity index (χ3n) is 2.59. The van der Waals surface area contributed by atoms with Crippen molar-refractivity contribution in [3.8, 4) is 0 Å². The van der Waals surface area contributed by atoms with Crippen molar-refractivity contribution in [2.45, 2.75) is 11.8 Å². The Balaban J connectivity index is 2.38. The van der Waals surface area contributed by atoms with Crippen LogP contribution >= 0.6 is 31.9 Å². The van der Waals surface area contributed by atoms with Gasteiger partial charge in [0.05, 0.1) is 10.6 Å². The molecule has 0 amide bonds. The molecule has 106 valence electrons. The van der Waals surface area contributed by atoms with Crippen molar-refractivity contribution in [1.82, 2.24) is 0 Å². The van der Waals surface area contributed by atoms with E-state index < -0.39 is 15.8 Å². The first-order valence-corrected chi connectivity index (χ1v) is 8.60. The summed E-state index contributed by atoms with van der Waals surface area (Å²) < 4.78 is 41.4. The van der Waals surface area contributed by atoms with Crippen molar-refractivity contribution < 1.29 is 12.8 Å². The maximum absolute atomic E-state index is 13.8. The Labute approximate surface area is 133 Å². The van der Waals surface area contributed by atoms with E-state index >= 15 is 0 Å². The lowest BCUT2D eigenvalue weighted by Gasteiger charge is -2.10. The summed E-state index contributed by atoms with van der Waals surface area (Å²) in [7, 11) is -3.81. The number of halogens is 3. The Morgan fingerprint density at radius 2 is 1.60 bits per heavy atom. The SMILES string of the molecule is Cc1ccc(S(=O)(=O)Nc2cc(Br)c(Br)cc2F)cc1. The Morgan fingerprint density at radius 1 is 1.05 bits per heavy atom. The highest BCUT2D eigenvalue weighted by Gasteiger charge is 2.17. The van der Waals surface area contributed by atoms with Crippen LogP contribution in [0.4, 0.5) is 10.1 Å². The fraction of sp³-hybridized carbons (Fsp3) is 0.0769. The Kier molecular flexibility index (Phi) is 4.51. The summed E-state index contributed by atoms with van der Waals surface area (Å²) in [5.74, 6) is -0.657. The molecular formula is C13H10Br2FNO2S. The second-order valence-corrected chi connectivity index (χ2v) is 7.56. The molecule has 0 heterocycles. The first-order valence-electron chi connectivity index (χ1n) is 5.53. The molecule has 0 saturated heterocycles. The molecule has 7 heteroatoms. The van der Waals surface area contributed by atoms with E-state index in [0.717, 1.165) is 5.56 Å². The van der Waals surface area contributed by atoms with Gasteiger partial charge in [-0.2, -0.15) is 0 Å². The predicted molar refractivity (Wildman–Crippen MR) is 83.8 cm³/mol. The van der Waals surface area contributed by atoms with Gasteiger partial charge in [0.2, 0.25) is 0 Å². The zero-order chi connectivity index (χ0) is 14.9. The minimum absolute atomic E-state index is 0.0848. The van der Waals surface area contributed by atoms with Crippen molar-refractivity contribution in [1.29, 1.82) is 0 Å². The van der Waals surface area contributed by atoms with Crippen LogP contribution in [0.15, 0.2) is 50.2 Å². The molecule has 0 spiro atoms. The Hall–Kier alpha value is -0.920. The van der Waals surface area contributed by atoms with Gasteiger partial charge in [0.25, 0.3) is 10.0 Å². The average molecular weight is 423 g/mol. The van der Waals surface area contributed by atoms with E-state index in [4.69, 9.17) is 0 Å². The van der Waals surface area contributed by atoms with Crippen LogP contribution in [0.5, 0.6) is 0 Å². The summed E-state index contributed by atoms with van der Waals surface area (Å²) in [6, 6.07) is 8.88. The van der Waals surface area contributed by atoms with E-state index in [2.05, 4.69) is 36.6 Å². The molecule has 2 aromatic rings. The number of nitrogens with one attached hydrogen (secondary N) is 1. The van der Waals surface area contributed by atoms with Crippen LogP contribution in [0.1, 0.15) is 5.56 Å². The molecule has 0 fully saturated rings. The van der Waals surface area contributed by atoms with Crippen LogP contribution in [-0.4, -0.2) is 8.42 Å². The lowest BCUT2D eigenvalue weighted by atomic mass is 10.2. The number of benzene rings is 2. The quantitative estimate of drug-likeness (QED) is 0.742. The summed E-state index contributed by atoms with van der Waals surface area (Å²) >= 11 is 6.35. The number of anilines is 1. The molecular weight excluding hydrogens is 413 g/mol. The first kappa shape index (κ1) is 15.5. The Bertz CT molecular complexity index is 746. The largest absolute Gasteiger partial charge is 0.277 e. The molecule has 0 atom stereocenters. The topological polar surface area (TPSA) is 46.2 Å². The summed E-state index contributed by atoms with van der Waals surface area (Å²) in [6.07, 6.45) is 0. The second-order valence-electron chi connectivity index (χ2n) is 4.16. The van der Waals surface area contributed by atoms with Crippen LogP contribution < -0.4 is 4.72 Å². The van der Waals surface area contributed by atoms with E-state index in [1.807, 2.05) is 6.92 Å². The normalized spacial score (nSPS) is 11.4. The van der Waals surface area contributed by atoms with Crippen LogP contribution in [0, 0.1) is 12.7 Å². The summed E-state index contributed by atoms with van der Waals surface area (Å²) in [5, 5.41) is 0. The van der Waals surface area contributed by atoms with Gasteiger partial charge in [0.15, 0.2) is 0 Å². The summed E-state index contributed by atoms with van der Waals surface area (Å²) in [5.41, 5.74) is 0.835. The molecule has 2 aromatic carbocycles.